The zero-order valence-corrected chi connectivity index (χ0v) is 18.6. The minimum absolute atomic E-state index is 0.0766. The molecule has 0 heterocycles. The molecule has 0 aliphatic heterocycles. The zero-order valence-electron chi connectivity index (χ0n) is 15.5. The molecule has 2 aromatic carbocycles. The van der Waals surface area contributed by atoms with E-state index in [0.717, 1.165) is 28.6 Å². The summed E-state index contributed by atoms with van der Waals surface area (Å²) in [7, 11) is 1.64. The van der Waals surface area contributed by atoms with Crippen molar-refractivity contribution in [3.05, 3.63) is 56.0 Å². The Balaban J connectivity index is 2.15. The second kappa shape index (κ2) is 9.32. The lowest BCUT2D eigenvalue weighted by Crippen LogP contribution is -2.37. The van der Waals surface area contributed by atoms with Gasteiger partial charge in [-0.25, -0.2) is 0 Å². The van der Waals surface area contributed by atoms with Crippen LogP contribution in [-0.4, -0.2) is 12.6 Å². The number of hydrogen-bond donors (Lipinski definition) is 1. The summed E-state index contributed by atoms with van der Waals surface area (Å²) in [5, 5.41) is 4.74. The summed E-state index contributed by atoms with van der Waals surface area (Å²) in [6.45, 7) is 7.61. The first-order chi connectivity index (χ1) is 12.3. The summed E-state index contributed by atoms with van der Waals surface area (Å²) in [5.74, 6) is 1.34. The number of ether oxygens (including phenoxy) is 2. The van der Waals surface area contributed by atoms with Crippen molar-refractivity contribution in [2.24, 2.45) is 0 Å². The van der Waals surface area contributed by atoms with Crippen LogP contribution in [0.2, 0.25) is 10.0 Å². The van der Waals surface area contributed by atoms with E-state index < -0.39 is 0 Å². The topological polar surface area (TPSA) is 30.5 Å². The van der Waals surface area contributed by atoms with Crippen molar-refractivity contribution in [3.63, 3.8) is 0 Å². The number of benzene rings is 2. The number of methoxy groups -OCH3 is 1. The molecule has 0 fully saturated rings. The third-order valence-electron chi connectivity index (χ3n) is 4.37. The van der Waals surface area contributed by atoms with E-state index in [1.165, 1.54) is 0 Å². The average molecular weight is 461 g/mol. The van der Waals surface area contributed by atoms with Gasteiger partial charge in [-0.1, -0.05) is 52.1 Å². The monoisotopic (exact) mass is 459 g/mol. The van der Waals surface area contributed by atoms with Crippen LogP contribution in [0.5, 0.6) is 11.5 Å². The first kappa shape index (κ1) is 21.4. The van der Waals surface area contributed by atoms with Crippen molar-refractivity contribution >= 4 is 39.1 Å². The molecule has 0 unspecified atom stereocenters. The summed E-state index contributed by atoms with van der Waals surface area (Å²) in [5.41, 5.74) is 2.05. The largest absolute Gasteiger partial charge is 0.493 e. The van der Waals surface area contributed by atoms with Gasteiger partial charge in [0.2, 0.25) is 0 Å². The van der Waals surface area contributed by atoms with Crippen molar-refractivity contribution < 1.29 is 9.47 Å². The molecule has 6 heteroatoms. The Labute approximate surface area is 174 Å². The van der Waals surface area contributed by atoms with Crippen LogP contribution in [0, 0.1) is 0 Å². The van der Waals surface area contributed by atoms with Gasteiger partial charge in [-0.2, -0.15) is 0 Å². The van der Waals surface area contributed by atoms with E-state index in [1.807, 2.05) is 18.2 Å². The summed E-state index contributed by atoms with van der Waals surface area (Å²) < 4.78 is 12.4. The summed E-state index contributed by atoms with van der Waals surface area (Å²) in [6.07, 6.45) is 1.05. The van der Waals surface area contributed by atoms with Crippen molar-refractivity contribution in [1.82, 2.24) is 5.32 Å². The third-order valence-corrected chi connectivity index (χ3v) is 5.70. The predicted octanol–water partition coefficient (Wildman–Crippen LogP) is 6.62. The van der Waals surface area contributed by atoms with Crippen molar-refractivity contribution in [3.8, 4) is 11.5 Å². The van der Waals surface area contributed by atoms with E-state index in [9.17, 15) is 0 Å². The lowest BCUT2D eigenvalue weighted by Gasteiger charge is -2.25. The summed E-state index contributed by atoms with van der Waals surface area (Å²) >= 11 is 15.8. The van der Waals surface area contributed by atoms with Crippen molar-refractivity contribution in [1.29, 1.82) is 0 Å². The van der Waals surface area contributed by atoms with E-state index in [-0.39, 0.29) is 5.54 Å². The molecule has 0 saturated carbocycles. The minimum atomic E-state index is 0.0766. The van der Waals surface area contributed by atoms with Crippen LogP contribution in [0.1, 0.15) is 38.3 Å². The van der Waals surface area contributed by atoms with Crippen LogP contribution in [0.3, 0.4) is 0 Å². The van der Waals surface area contributed by atoms with Gasteiger partial charge in [-0.3, -0.25) is 0 Å². The molecule has 2 aromatic rings. The van der Waals surface area contributed by atoms with Crippen LogP contribution >= 0.6 is 39.1 Å². The summed E-state index contributed by atoms with van der Waals surface area (Å²) in [4.78, 5) is 0. The Hall–Kier alpha value is -0.940. The SMILES string of the molecule is CCC(C)(C)NCc1cc(OC)c(OCc2ccc(Cl)cc2Cl)cc1Br. The first-order valence-corrected chi connectivity index (χ1v) is 9.99. The Kier molecular flexibility index (Phi) is 7.65. The molecule has 2 rings (SSSR count). The summed E-state index contributed by atoms with van der Waals surface area (Å²) in [6, 6.07) is 9.28. The van der Waals surface area contributed by atoms with Gasteiger partial charge in [0.05, 0.1) is 7.11 Å². The normalized spacial score (nSPS) is 11.5. The number of halogens is 3. The van der Waals surface area contributed by atoms with Crippen LogP contribution in [0.4, 0.5) is 0 Å². The molecule has 0 saturated heterocycles. The van der Waals surface area contributed by atoms with E-state index in [0.29, 0.717) is 28.2 Å². The quantitative estimate of drug-likeness (QED) is 0.479. The van der Waals surface area contributed by atoms with Gasteiger partial charge in [-0.05, 0) is 50.1 Å². The molecule has 0 amide bonds. The van der Waals surface area contributed by atoms with Crippen molar-refractivity contribution in [2.45, 2.75) is 45.9 Å². The molecule has 0 bridgehead atoms. The number of hydrogen-bond acceptors (Lipinski definition) is 3. The highest BCUT2D eigenvalue weighted by atomic mass is 79.9. The molecule has 142 valence electrons. The molecule has 3 nitrogen and oxygen atoms in total. The van der Waals surface area contributed by atoms with Crippen LogP contribution in [0.15, 0.2) is 34.8 Å². The molecule has 0 radical (unpaired) electrons. The molecule has 0 spiro atoms. The van der Waals surface area contributed by atoms with Gasteiger partial charge in [0.1, 0.15) is 6.61 Å². The highest BCUT2D eigenvalue weighted by molar-refractivity contribution is 9.10. The standard InChI is InChI=1S/C20H24BrCl2NO2/c1-5-20(2,3)24-11-14-8-18(25-4)19(10-16(14)21)26-12-13-6-7-15(22)9-17(13)23/h6-10,24H,5,11-12H2,1-4H3. The Morgan fingerprint density at radius 2 is 1.81 bits per heavy atom. The number of nitrogens with one attached hydrogen (secondary N) is 1. The van der Waals surface area contributed by atoms with Gasteiger partial charge in [0, 0.05) is 32.2 Å². The number of rotatable bonds is 8. The van der Waals surface area contributed by atoms with Crippen LogP contribution in [0.25, 0.3) is 0 Å². The van der Waals surface area contributed by atoms with Gasteiger partial charge < -0.3 is 14.8 Å². The molecule has 0 atom stereocenters. The maximum atomic E-state index is 6.21. The maximum absolute atomic E-state index is 6.21. The second-order valence-corrected chi connectivity index (χ2v) is 8.41. The first-order valence-electron chi connectivity index (χ1n) is 8.44. The maximum Gasteiger partial charge on any atom is 0.162 e. The van der Waals surface area contributed by atoms with E-state index in [4.69, 9.17) is 32.7 Å². The molecular formula is C20H24BrCl2NO2. The van der Waals surface area contributed by atoms with Gasteiger partial charge in [0.15, 0.2) is 11.5 Å². The highest BCUT2D eigenvalue weighted by Gasteiger charge is 2.16. The van der Waals surface area contributed by atoms with Crippen LogP contribution < -0.4 is 14.8 Å². The lowest BCUT2D eigenvalue weighted by molar-refractivity contribution is 0.284. The fourth-order valence-corrected chi connectivity index (χ4v) is 3.16. The predicted molar refractivity (Wildman–Crippen MR) is 113 cm³/mol. The van der Waals surface area contributed by atoms with E-state index in [2.05, 4.69) is 42.0 Å². The molecular weight excluding hydrogens is 437 g/mol. The molecule has 26 heavy (non-hydrogen) atoms. The fraction of sp³-hybridized carbons (Fsp3) is 0.400. The lowest BCUT2D eigenvalue weighted by atomic mass is 10.0. The van der Waals surface area contributed by atoms with Gasteiger partial charge in [-0.15, -0.1) is 0 Å². The molecule has 1 N–H and O–H groups in total. The fourth-order valence-electron chi connectivity index (χ4n) is 2.24. The Morgan fingerprint density at radius 3 is 2.42 bits per heavy atom. The Bertz CT molecular complexity index is 766. The van der Waals surface area contributed by atoms with Crippen LogP contribution in [-0.2, 0) is 13.2 Å². The molecule has 0 aliphatic rings. The third kappa shape index (κ3) is 5.78. The highest BCUT2D eigenvalue weighted by Crippen LogP contribution is 2.35. The minimum Gasteiger partial charge on any atom is -0.493 e. The average Bonchev–Trinajstić information content (AvgIpc) is 2.60. The second-order valence-electron chi connectivity index (χ2n) is 6.71. The molecule has 0 aromatic heterocycles. The molecule has 0 aliphatic carbocycles. The Morgan fingerprint density at radius 1 is 1.08 bits per heavy atom. The van der Waals surface area contributed by atoms with Gasteiger partial charge in [0.25, 0.3) is 0 Å². The smallest absolute Gasteiger partial charge is 0.162 e. The van der Waals surface area contributed by atoms with Crippen molar-refractivity contribution in [2.75, 3.05) is 7.11 Å². The van der Waals surface area contributed by atoms with Gasteiger partial charge >= 0.3 is 0 Å². The van der Waals surface area contributed by atoms with E-state index in [1.54, 1.807) is 19.2 Å². The zero-order chi connectivity index (χ0) is 19.3. The van der Waals surface area contributed by atoms with E-state index >= 15 is 0 Å².